The number of hydrogen-bond acceptors (Lipinski definition) is 3. The summed E-state index contributed by atoms with van der Waals surface area (Å²) in [5.74, 6) is -0.927. The Hall–Kier alpha value is 0.430. The van der Waals surface area contributed by atoms with Crippen LogP contribution in [0.5, 0.6) is 0 Å². The molecule has 0 saturated carbocycles. The maximum atomic E-state index is 11.3. The molecule has 0 N–H and O–H groups in total. The number of hydrogen-bond donors (Lipinski definition) is 0. The number of rotatable bonds is 20. The fourth-order valence-electron chi connectivity index (χ4n) is 3.55. The summed E-state index contributed by atoms with van der Waals surface area (Å²) in [7, 11) is 0. The Kier molecular flexibility index (Phi) is 24.9. The molecule has 0 aromatic heterocycles. The summed E-state index contributed by atoms with van der Waals surface area (Å²) in [4.78, 5) is 13.4. The first-order chi connectivity index (χ1) is 12.6. The molecule has 27 heavy (non-hydrogen) atoms. The van der Waals surface area contributed by atoms with Gasteiger partial charge < -0.3 is 9.90 Å². The third kappa shape index (κ3) is 19.5. The number of carboxylic acid groups (broad SMARTS) is 1. The Bertz CT molecular complexity index is 293. The summed E-state index contributed by atoms with van der Waals surface area (Å²) in [6.07, 6.45) is 20.6. The maximum Gasteiger partial charge on any atom is 1.00 e. The molecule has 0 spiro atoms. The van der Waals surface area contributed by atoms with Crippen LogP contribution in [0.4, 0.5) is 0 Å². The zero-order valence-corrected chi connectivity index (χ0v) is 21.1. The third-order valence-electron chi connectivity index (χ3n) is 5.49. The van der Waals surface area contributed by atoms with Crippen LogP contribution in [-0.2, 0) is 4.79 Å². The number of unbranched alkanes of at least 4 members (excludes halogenated alkanes) is 14. The predicted octanol–water partition coefficient (Wildman–Crippen LogP) is 2.71. The molecule has 156 valence electrons. The zero-order valence-electron chi connectivity index (χ0n) is 19.1. The van der Waals surface area contributed by atoms with E-state index >= 15 is 0 Å². The number of carbonyl (C=O) groups is 1. The van der Waals surface area contributed by atoms with Gasteiger partial charge >= 0.3 is 29.6 Å². The molecule has 1 atom stereocenters. The Labute approximate surface area is 192 Å². The van der Waals surface area contributed by atoms with Crippen molar-refractivity contribution < 1.29 is 39.5 Å². The zero-order chi connectivity index (χ0) is 19.5. The first kappa shape index (κ1) is 29.6. The molecule has 0 aromatic rings. The van der Waals surface area contributed by atoms with Gasteiger partial charge in [-0.3, -0.25) is 4.90 Å². The Morgan fingerprint density at radius 1 is 0.667 bits per heavy atom. The van der Waals surface area contributed by atoms with Gasteiger partial charge in [0.05, 0.1) is 5.97 Å². The van der Waals surface area contributed by atoms with E-state index in [1.807, 2.05) is 0 Å². The number of carboxylic acids is 1. The van der Waals surface area contributed by atoms with E-state index in [4.69, 9.17) is 0 Å². The first-order valence-electron chi connectivity index (χ1n) is 11.6. The normalized spacial score (nSPS) is 12.1. The van der Waals surface area contributed by atoms with Gasteiger partial charge in [-0.1, -0.05) is 104 Å². The summed E-state index contributed by atoms with van der Waals surface area (Å²) in [5.41, 5.74) is 0. The molecule has 0 aromatic carbocycles. The molecule has 0 aliphatic carbocycles. The topological polar surface area (TPSA) is 43.4 Å². The molecular weight excluding hydrogens is 345 g/mol. The molecule has 0 rings (SSSR count). The van der Waals surface area contributed by atoms with Crippen molar-refractivity contribution in [1.29, 1.82) is 0 Å². The second kappa shape index (κ2) is 22.7. The SMILES string of the molecule is CCCCCCCCCCN(CCCCCCCCCC)C(C)C(=O)[O-].[Na+]. The third-order valence-corrected chi connectivity index (χ3v) is 5.49. The van der Waals surface area contributed by atoms with E-state index < -0.39 is 12.0 Å². The Balaban J connectivity index is 0. The van der Waals surface area contributed by atoms with Gasteiger partial charge in [0, 0.05) is 6.04 Å². The van der Waals surface area contributed by atoms with Gasteiger partial charge in [0.2, 0.25) is 0 Å². The minimum atomic E-state index is -0.927. The standard InChI is InChI=1S/C23H47NO2.Na/c1-4-6-8-10-12-14-16-18-20-24(22(3)23(25)26)21-19-17-15-13-11-9-7-5-2;/h22H,4-21H2,1-3H3,(H,25,26);/q;+1/p-1. The molecule has 0 radical (unpaired) electrons. The average Bonchev–Trinajstić information content (AvgIpc) is 2.63. The van der Waals surface area contributed by atoms with Crippen LogP contribution in [0.15, 0.2) is 0 Å². The smallest absolute Gasteiger partial charge is 0.548 e. The van der Waals surface area contributed by atoms with Gasteiger partial charge in [0.15, 0.2) is 0 Å². The molecule has 0 aliphatic heterocycles. The number of carbonyl (C=O) groups excluding carboxylic acids is 1. The van der Waals surface area contributed by atoms with E-state index in [0.29, 0.717) is 0 Å². The van der Waals surface area contributed by atoms with E-state index in [1.165, 1.54) is 89.9 Å². The van der Waals surface area contributed by atoms with Gasteiger partial charge in [-0.05, 0) is 32.9 Å². The quantitative estimate of drug-likeness (QED) is 0.237. The van der Waals surface area contributed by atoms with Crippen molar-refractivity contribution >= 4 is 5.97 Å². The van der Waals surface area contributed by atoms with Crippen LogP contribution >= 0.6 is 0 Å². The molecule has 0 saturated heterocycles. The number of nitrogens with zero attached hydrogens (tertiary/aromatic N) is 1. The van der Waals surface area contributed by atoms with Crippen LogP contribution in [0.25, 0.3) is 0 Å². The van der Waals surface area contributed by atoms with E-state index in [9.17, 15) is 9.90 Å². The van der Waals surface area contributed by atoms with Gasteiger partial charge in [-0.2, -0.15) is 0 Å². The summed E-state index contributed by atoms with van der Waals surface area (Å²) in [6.45, 7) is 8.09. The molecule has 3 nitrogen and oxygen atoms in total. The van der Waals surface area contributed by atoms with Crippen LogP contribution in [0.2, 0.25) is 0 Å². The molecule has 0 aliphatic rings. The molecular formula is C23H46NNaO2. The molecule has 0 amide bonds. The van der Waals surface area contributed by atoms with Crippen molar-refractivity contribution in [3.63, 3.8) is 0 Å². The predicted molar refractivity (Wildman–Crippen MR) is 111 cm³/mol. The van der Waals surface area contributed by atoms with Crippen molar-refractivity contribution in [2.45, 2.75) is 130 Å². The number of aliphatic carboxylic acids is 1. The van der Waals surface area contributed by atoms with E-state index in [-0.39, 0.29) is 29.6 Å². The average molecular weight is 392 g/mol. The Morgan fingerprint density at radius 2 is 0.963 bits per heavy atom. The second-order valence-corrected chi connectivity index (χ2v) is 7.98. The molecule has 0 fully saturated rings. The van der Waals surface area contributed by atoms with E-state index in [1.54, 1.807) is 6.92 Å². The minimum Gasteiger partial charge on any atom is -0.548 e. The summed E-state index contributed by atoms with van der Waals surface area (Å²) >= 11 is 0. The van der Waals surface area contributed by atoms with Gasteiger partial charge in [0.25, 0.3) is 0 Å². The van der Waals surface area contributed by atoms with E-state index in [2.05, 4.69) is 18.7 Å². The minimum absolute atomic E-state index is 0. The van der Waals surface area contributed by atoms with Gasteiger partial charge in [-0.25, -0.2) is 0 Å². The fourth-order valence-corrected chi connectivity index (χ4v) is 3.55. The molecule has 4 heteroatoms. The van der Waals surface area contributed by atoms with Gasteiger partial charge in [-0.15, -0.1) is 0 Å². The van der Waals surface area contributed by atoms with Crippen LogP contribution in [0.1, 0.15) is 124 Å². The monoisotopic (exact) mass is 391 g/mol. The first-order valence-corrected chi connectivity index (χ1v) is 11.6. The summed E-state index contributed by atoms with van der Waals surface area (Å²) in [5, 5.41) is 11.3. The van der Waals surface area contributed by atoms with E-state index in [0.717, 1.165) is 25.9 Å². The van der Waals surface area contributed by atoms with Crippen molar-refractivity contribution in [1.82, 2.24) is 4.90 Å². The van der Waals surface area contributed by atoms with Crippen LogP contribution < -0.4 is 34.7 Å². The largest absolute Gasteiger partial charge is 1.00 e. The molecule has 1 unspecified atom stereocenters. The van der Waals surface area contributed by atoms with Crippen LogP contribution in [0.3, 0.4) is 0 Å². The van der Waals surface area contributed by atoms with Gasteiger partial charge in [0.1, 0.15) is 0 Å². The fraction of sp³-hybridized carbons (Fsp3) is 0.957. The van der Waals surface area contributed by atoms with Crippen LogP contribution in [-0.4, -0.2) is 30.0 Å². The van der Waals surface area contributed by atoms with Crippen molar-refractivity contribution in [2.75, 3.05) is 13.1 Å². The Morgan fingerprint density at radius 3 is 1.26 bits per heavy atom. The van der Waals surface area contributed by atoms with Crippen LogP contribution in [0, 0.1) is 0 Å². The van der Waals surface area contributed by atoms with Crippen molar-refractivity contribution in [3.8, 4) is 0 Å². The van der Waals surface area contributed by atoms with Crippen molar-refractivity contribution in [3.05, 3.63) is 0 Å². The molecule has 0 heterocycles. The van der Waals surface area contributed by atoms with Crippen molar-refractivity contribution in [2.24, 2.45) is 0 Å². The molecule has 0 bridgehead atoms. The maximum absolute atomic E-state index is 11.3. The second-order valence-electron chi connectivity index (χ2n) is 7.98. The summed E-state index contributed by atoms with van der Waals surface area (Å²) in [6, 6.07) is -0.455. The summed E-state index contributed by atoms with van der Waals surface area (Å²) < 4.78 is 0.